The molecule has 0 saturated heterocycles. The zero-order valence-corrected chi connectivity index (χ0v) is 22.4. The Bertz CT molecular complexity index is 1360. The molecule has 7 nitrogen and oxygen atoms in total. The summed E-state index contributed by atoms with van der Waals surface area (Å²) in [5.41, 5.74) is 0.337. The zero-order valence-electron chi connectivity index (χ0n) is 20.2. The molecule has 0 spiro atoms. The third-order valence-corrected chi connectivity index (χ3v) is 5.60. The number of fused-ring (bicyclic) bond motifs is 1. The first-order valence-corrected chi connectivity index (χ1v) is 11.1. The molecule has 0 unspecified atom stereocenters. The van der Waals surface area contributed by atoms with E-state index in [2.05, 4.69) is 16.4 Å². The molecule has 4 aromatic rings. The number of halogens is 1. The van der Waals surface area contributed by atoms with Crippen LogP contribution in [0.5, 0.6) is 23.0 Å². The second-order valence-electron chi connectivity index (χ2n) is 8.02. The number of benzene rings is 3. The molecule has 1 radical (unpaired) electrons. The Labute approximate surface area is 229 Å². The third kappa shape index (κ3) is 6.74. The number of nitrogens with zero attached hydrogens (tertiary/aromatic N) is 1. The Morgan fingerprint density at radius 3 is 2.19 bits per heavy atom. The van der Waals surface area contributed by atoms with Gasteiger partial charge in [-0.05, 0) is 41.8 Å². The molecule has 187 valence electrons. The van der Waals surface area contributed by atoms with Gasteiger partial charge in [-0.25, -0.2) is 10.7 Å². The van der Waals surface area contributed by atoms with Gasteiger partial charge in [-0.1, -0.05) is 12.8 Å². The number of nitrogens with one attached hydrogen (secondary N) is 1. The Morgan fingerprint density at radius 1 is 1.00 bits per heavy atom. The van der Waals surface area contributed by atoms with Crippen molar-refractivity contribution in [1.29, 1.82) is 0 Å². The second kappa shape index (κ2) is 12.5. The van der Waals surface area contributed by atoms with Crippen molar-refractivity contribution >= 4 is 28.8 Å². The van der Waals surface area contributed by atoms with Gasteiger partial charge in [0.2, 0.25) is 5.91 Å². The smallest absolute Gasteiger partial charge is 0.541 e. The van der Waals surface area contributed by atoms with E-state index in [1.54, 1.807) is 56.8 Å². The maximum atomic E-state index is 12.1. The number of pyridine rings is 1. The Balaban J connectivity index is 0.000000413. The standard InChI is InChI=1S/C22H19N2O5.C6H4F.Nb/c1-27-19-11-16-17(12-20(19)28-2)23-10-7-18(16)29-15-5-3-14(4-6-15)24-21(26)22(13-25)8-9-22;7-6-4-2-1-3-5-6;/h3-7,10-12H,8-9H2,1-2H3,(H,24,26);2-5H;/q2*-1;+2. The van der Waals surface area contributed by atoms with Crippen LogP contribution in [0.15, 0.2) is 72.9 Å². The van der Waals surface area contributed by atoms with Crippen molar-refractivity contribution in [2.45, 2.75) is 12.8 Å². The number of carbonyl (C=O) groups is 1. The molecule has 1 N–H and O–H groups in total. The third-order valence-electron chi connectivity index (χ3n) is 5.60. The molecule has 1 aromatic heterocycles. The molecule has 0 atom stereocenters. The fraction of sp³-hybridized carbons (Fsp3) is 0.179. The van der Waals surface area contributed by atoms with Crippen LogP contribution in [0.3, 0.4) is 0 Å². The molecule has 9 heteroatoms. The van der Waals surface area contributed by atoms with Gasteiger partial charge < -0.3 is 24.3 Å². The van der Waals surface area contributed by atoms with Gasteiger partial charge in [0.15, 0.2) is 11.5 Å². The number of hydrogen-bond acceptors (Lipinski definition) is 6. The number of ether oxygens (including phenoxy) is 3. The fourth-order valence-corrected chi connectivity index (χ4v) is 3.39. The van der Waals surface area contributed by atoms with Crippen LogP contribution >= 0.6 is 0 Å². The fourth-order valence-electron chi connectivity index (χ4n) is 3.39. The van der Waals surface area contributed by atoms with E-state index >= 15 is 0 Å². The largest absolute Gasteiger partial charge is 2.00 e. The molecule has 1 amide bonds. The molecule has 0 aliphatic heterocycles. The summed E-state index contributed by atoms with van der Waals surface area (Å²) < 4.78 is 28.6. The van der Waals surface area contributed by atoms with E-state index in [4.69, 9.17) is 14.2 Å². The molecule has 1 saturated carbocycles. The van der Waals surface area contributed by atoms with Crippen LogP contribution in [0.4, 0.5) is 10.1 Å². The molecular weight excluding hydrogens is 556 g/mol. The minimum atomic E-state index is -0.967. The first kappa shape index (κ1) is 27.9. The molecule has 1 heterocycles. The summed E-state index contributed by atoms with van der Waals surface area (Å²) >= 11 is 0. The monoisotopic (exact) mass is 579 g/mol. The minimum Gasteiger partial charge on any atom is -0.541 e. The number of methoxy groups -OCH3 is 2. The summed E-state index contributed by atoms with van der Waals surface area (Å²) in [6.45, 7) is 0. The van der Waals surface area contributed by atoms with Gasteiger partial charge in [-0.15, -0.1) is 12.1 Å². The van der Waals surface area contributed by atoms with E-state index in [0.717, 1.165) is 5.39 Å². The topological polar surface area (TPSA) is 86.8 Å². The molecule has 1 aliphatic rings. The van der Waals surface area contributed by atoms with Gasteiger partial charge in [-0.2, -0.15) is 18.2 Å². The quantitative estimate of drug-likeness (QED) is 0.177. The first-order chi connectivity index (χ1) is 17.5. The average molecular weight is 579 g/mol. The molecule has 0 bridgehead atoms. The van der Waals surface area contributed by atoms with Gasteiger partial charge in [0.25, 0.3) is 0 Å². The summed E-state index contributed by atoms with van der Waals surface area (Å²) in [7, 11) is 3.14. The number of aromatic nitrogens is 1. The molecule has 1 fully saturated rings. The van der Waals surface area contributed by atoms with Crippen LogP contribution < -0.4 is 19.5 Å². The summed E-state index contributed by atoms with van der Waals surface area (Å²) in [5.74, 6) is 1.84. The normalized spacial score (nSPS) is 12.7. The van der Waals surface area contributed by atoms with Crippen LogP contribution in [0.1, 0.15) is 12.8 Å². The van der Waals surface area contributed by atoms with Gasteiger partial charge in [-0.3, -0.25) is 9.78 Å². The number of hydrogen-bond donors (Lipinski definition) is 1. The Morgan fingerprint density at radius 2 is 1.65 bits per heavy atom. The van der Waals surface area contributed by atoms with E-state index in [9.17, 15) is 14.0 Å². The van der Waals surface area contributed by atoms with E-state index in [0.29, 0.717) is 47.0 Å². The number of carbonyl (C=O) groups excluding carboxylic acids is 2. The molecule has 37 heavy (non-hydrogen) atoms. The number of amides is 1. The van der Waals surface area contributed by atoms with Gasteiger partial charge >= 0.3 is 22.4 Å². The predicted octanol–water partition coefficient (Wildman–Crippen LogP) is 5.50. The molecule has 3 aromatic carbocycles. The van der Waals surface area contributed by atoms with E-state index in [1.165, 1.54) is 24.3 Å². The minimum absolute atomic E-state index is 0. The maximum absolute atomic E-state index is 12.1. The number of anilines is 1. The van der Waals surface area contributed by atoms with E-state index in [1.807, 2.05) is 12.4 Å². The van der Waals surface area contributed by atoms with Crippen LogP contribution in [0, 0.1) is 17.3 Å². The van der Waals surface area contributed by atoms with Crippen molar-refractivity contribution in [2.75, 3.05) is 19.5 Å². The summed E-state index contributed by atoms with van der Waals surface area (Å²) in [6, 6.07) is 20.8. The van der Waals surface area contributed by atoms with Crippen molar-refractivity contribution in [1.82, 2.24) is 4.98 Å². The maximum Gasteiger partial charge on any atom is 2.00 e. The zero-order chi connectivity index (χ0) is 25.5. The Hall–Kier alpha value is -3.72. The molecular formula is C28H23FN2NbO5. The average Bonchev–Trinajstić information content (AvgIpc) is 3.72. The predicted molar refractivity (Wildman–Crippen MR) is 133 cm³/mol. The molecule has 5 rings (SSSR count). The van der Waals surface area contributed by atoms with Crippen LogP contribution in [0.2, 0.25) is 0 Å². The van der Waals surface area contributed by atoms with Crippen LogP contribution in [0.25, 0.3) is 10.9 Å². The van der Waals surface area contributed by atoms with E-state index < -0.39 is 5.41 Å². The van der Waals surface area contributed by atoms with Gasteiger partial charge in [0.05, 0.1) is 19.7 Å². The number of rotatable bonds is 7. The van der Waals surface area contributed by atoms with Crippen molar-refractivity contribution < 1.29 is 50.6 Å². The summed E-state index contributed by atoms with van der Waals surface area (Å²) in [5, 5.41) is 3.52. The van der Waals surface area contributed by atoms with Gasteiger partial charge in [0.1, 0.15) is 11.5 Å². The summed E-state index contributed by atoms with van der Waals surface area (Å²) in [6.07, 6.45) is 4.59. The Kier molecular flexibility index (Phi) is 9.41. The van der Waals surface area contributed by atoms with Crippen molar-refractivity contribution in [2.24, 2.45) is 5.41 Å². The van der Waals surface area contributed by atoms with Gasteiger partial charge in [0, 0.05) is 29.2 Å². The second-order valence-corrected chi connectivity index (χ2v) is 8.02. The SMILES string of the molecule is COc1cc2nccc(Oc3ccc(NC(=O)C4([C-]=O)CC4)cc3)c2cc1OC.Fc1cc[c-]cc1.[Nb+2]. The van der Waals surface area contributed by atoms with E-state index in [-0.39, 0.29) is 34.1 Å². The van der Waals surface area contributed by atoms with Crippen molar-refractivity contribution in [3.63, 3.8) is 0 Å². The summed E-state index contributed by atoms with van der Waals surface area (Å²) in [4.78, 5) is 27.4. The first-order valence-electron chi connectivity index (χ1n) is 11.1. The van der Waals surface area contributed by atoms with Crippen molar-refractivity contribution in [3.8, 4) is 23.0 Å². The van der Waals surface area contributed by atoms with Crippen LogP contribution in [-0.2, 0) is 32.0 Å². The van der Waals surface area contributed by atoms with Crippen molar-refractivity contribution in [3.05, 3.63) is 84.8 Å². The van der Waals surface area contributed by atoms with Crippen LogP contribution in [-0.4, -0.2) is 31.4 Å². The molecule has 1 aliphatic carbocycles.